The van der Waals surface area contributed by atoms with Crippen molar-refractivity contribution < 1.29 is 4.74 Å². The lowest BCUT2D eigenvalue weighted by atomic mass is 9.70. The van der Waals surface area contributed by atoms with E-state index >= 15 is 0 Å². The van der Waals surface area contributed by atoms with Crippen LogP contribution in [0, 0.1) is 5.41 Å². The van der Waals surface area contributed by atoms with Gasteiger partial charge in [0.05, 0.1) is 12.3 Å². The maximum Gasteiger partial charge on any atom is 0.142 e. The van der Waals surface area contributed by atoms with Gasteiger partial charge in [-0.2, -0.15) is 12.6 Å². The molecule has 0 atom stereocenters. The standard InChI is InChI=1S/C15H21NOS/c18-12-15(7-3-8-15)11-16-9-4-10-17-14-6-2-1-5-13(14)16/h1-2,5-6,18H,3-4,7-12H2. The third-order valence-electron chi connectivity index (χ3n) is 4.31. The second-order valence-electron chi connectivity index (χ2n) is 5.60. The summed E-state index contributed by atoms with van der Waals surface area (Å²) in [6.45, 7) is 3.07. The van der Waals surface area contributed by atoms with Crippen molar-refractivity contribution in [3.8, 4) is 5.75 Å². The highest BCUT2D eigenvalue weighted by molar-refractivity contribution is 7.80. The average Bonchev–Trinajstić information content (AvgIpc) is 2.56. The van der Waals surface area contributed by atoms with Gasteiger partial charge in [0.2, 0.25) is 0 Å². The molecule has 1 aliphatic carbocycles. The fourth-order valence-electron chi connectivity index (χ4n) is 3.01. The lowest BCUT2D eigenvalue weighted by Crippen LogP contribution is -2.44. The van der Waals surface area contributed by atoms with Crippen LogP contribution in [-0.2, 0) is 0 Å². The number of para-hydroxylation sites is 2. The van der Waals surface area contributed by atoms with Crippen LogP contribution in [0.5, 0.6) is 5.75 Å². The van der Waals surface area contributed by atoms with Crippen LogP contribution in [0.4, 0.5) is 5.69 Å². The Morgan fingerprint density at radius 3 is 2.78 bits per heavy atom. The molecule has 1 aliphatic heterocycles. The fourth-order valence-corrected chi connectivity index (χ4v) is 3.43. The highest BCUT2D eigenvalue weighted by atomic mass is 32.1. The van der Waals surface area contributed by atoms with Gasteiger partial charge in [0.25, 0.3) is 0 Å². The summed E-state index contributed by atoms with van der Waals surface area (Å²) in [4.78, 5) is 2.51. The Bertz CT molecular complexity index is 411. The molecule has 0 radical (unpaired) electrons. The lowest BCUT2D eigenvalue weighted by molar-refractivity contribution is 0.176. The molecule has 1 saturated carbocycles. The van der Waals surface area contributed by atoms with Gasteiger partial charge in [-0.3, -0.25) is 0 Å². The number of hydrogen-bond acceptors (Lipinski definition) is 3. The maximum absolute atomic E-state index is 5.82. The first-order chi connectivity index (χ1) is 8.83. The molecule has 1 heterocycles. The number of fused-ring (bicyclic) bond motifs is 1. The maximum atomic E-state index is 5.82. The third kappa shape index (κ3) is 2.20. The number of thiol groups is 1. The molecule has 0 bridgehead atoms. The zero-order chi connectivity index (χ0) is 12.4. The summed E-state index contributed by atoms with van der Waals surface area (Å²) in [5.74, 6) is 2.05. The number of rotatable bonds is 3. The van der Waals surface area contributed by atoms with Gasteiger partial charge in [0.15, 0.2) is 0 Å². The molecule has 1 aromatic carbocycles. The van der Waals surface area contributed by atoms with Gasteiger partial charge in [-0.25, -0.2) is 0 Å². The zero-order valence-corrected chi connectivity index (χ0v) is 11.7. The van der Waals surface area contributed by atoms with Crippen LogP contribution in [0.2, 0.25) is 0 Å². The minimum absolute atomic E-state index is 0.445. The molecular formula is C15H21NOS. The van der Waals surface area contributed by atoms with Crippen LogP contribution in [0.25, 0.3) is 0 Å². The van der Waals surface area contributed by atoms with Crippen LogP contribution in [0.3, 0.4) is 0 Å². The van der Waals surface area contributed by atoms with E-state index in [-0.39, 0.29) is 0 Å². The molecule has 0 spiro atoms. The molecule has 0 N–H and O–H groups in total. The molecule has 0 unspecified atom stereocenters. The van der Waals surface area contributed by atoms with Gasteiger partial charge in [-0.1, -0.05) is 18.6 Å². The lowest BCUT2D eigenvalue weighted by Gasteiger charge is -2.44. The molecule has 0 amide bonds. The van der Waals surface area contributed by atoms with Crippen molar-refractivity contribution >= 4 is 18.3 Å². The summed E-state index contributed by atoms with van der Waals surface area (Å²) in [7, 11) is 0. The first-order valence-electron chi connectivity index (χ1n) is 6.91. The first-order valence-corrected chi connectivity index (χ1v) is 7.54. The van der Waals surface area contributed by atoms with Crippen molar-refractivity contribution in [3.63, 3.8) is 0 Å². The Hall–Kier alpha value is -0.830. The summed E-state index contributed by atoms with van der Waals surface area (Å²) in [5, 5.41) is 0. The topological polar surface area (TPSA) is 12.5 Å². The van der Waals surface area contributed by atoms with Crippen molar-refractivity contribution in [2.24, 2.45) is 5.41 Å². The normalized spacial score (nSPS) is 21.5. The van der Waals surface area contributed by atoms with Gasteiger partial charge in [0, 0.05) is 13.1 Å². The predicted octanol–water partition coefficient (Wildman–Crippen LogP) is 3.38. The Morgan fingerprint density at radius 2 is 2.06 bits per heavy atom. The summed E-state index contributed by atoms with van der Waals surface area (Å²) in [6, 6.07) is 8.43. The van der Waals surface area contributed by atoms with Gasteiger partial charge in [-0.05, 0) is 42.6 Å². The molecule has 1 aromatic rings. The molecular weight excluding hydrogens is 242 g/mol. The van der Waals surface area contributed by atoms with Gasteiger partial charge in [-0.15, -0.1) is 0 Å². The quantitative estimate of drug-likeness (QED) is 0.839. The van der Waals surface area contributed by atoms with E-state index < -0.39 is 0 Å². The first kappa shape index (κ1) is 12.2. The largest absolute Gasteiger partial charge is 0.491 e. The molecule has 3 rings (SSSR count). The summed E-state index contributed by atoms with van der Waals surface area (Å²) < 4.78 is 5.82. The molecule has 2 aliphatic rings. The highest BCUT2D eigenvalue weighted by Crippen LogP contribution is 2.44. The highest BCUT2D eigenvalue weighted by Gasteiger charge is 2.37. The SMILES string of the molecule is SCC1(CN2CCCOc3ccccc32)CCC1. The molecule has 0 aromatic heterocycles. The molecule has 2 nitrogen and oxygen atoms in total. The second-order valence-corrected chi connectivity index (χ2v) is 5.92. The molecule has 3 heteroatoms. The smallest absolute Gasteiger partial charge is 0.142 e. The fraction of sp³-hybridized carbons (Fsp3) is 0.600. The van der Waals surface area contributed by atoms with E-state index in [9.17, 15) is 0 Å². The summed E-state index contributed by atoms with van der Waals surface area (Å²) >= 11 is 4.57. The second kappa shape index (κ2) is 5.04. The van der Waals surface area contributed by atoms with E-state index in [0.717, 1.165) is 37.6 Å². The van der Waals surface area contributed by atoms with Crippen molar-refractivity contribution in [3.05, 3.63) is 24.3 Å². The van der Waals surface area contributed by atoms with Crippen LogP contribution in [0.15, 0.2) is 24.3 Å². The van der Waals surface area contributed by atoms with E-state index in [4.69, 9.17) is 4.74 Å². The Labute approximate surface area is 115 Å². The number of benzene rings is 1. The van der Waals surface area contributed by atoms with Crippen LogP contribution in [0.1, 0.15) is 25.7 Å². The van der Waals surface area contributed by atoms with Crippen LogP contribution >= 0.6 is 12.6 Å². The van der Waals surface area contributed by atoms with Gasteiger partial charge < -0.3 is 9.64 Å². The third-order valence-corrected chi connectivity index (χ3v) is 4.98. The number of anilines is 1. The zero-order valence-electron chi connectivity index (χ0n) is 10.8. The van der Waals surface area contributed by atoms with E-state index in [1.807, 2.05) is 0 Å². The van der Waals surface area contributed by atoms with E-state index in [1.165, 1.54) is 24.9 Å². The van der Waals surface area contributed by atoms with Crippen molar-refractivity contribution in [1.82, 2.24) is 0 Å². The number of hydrogen-bond donors (Lipinski definition) is 1. The minimum Gasteiger partial charge on any atom is -0.491 e. The van der Waals surface area contributed by atoms with Crippen LogP contribution in [-0.4, -0.2) is 25.4 Å². The van der Waals surface area contributed by atoms with Crippen molar-refractivity contribution in [1.29, 1.82) is 0 Å². The molecule has 18 heavy (non-hydrogen) atoms. The van der Waals surface area contributed by atoms with Gasteiger partial charge >= 0.3 is 0 Å². The molecule has 1 fully saturated rings. The predicted molar refractivity (Wildman–Crippen MR) is 78.9 cm³/mol. The summed E-state index contributed by atoms with van der Waals surface area (Å²) in [5.41, 5.74) is 1.71. The van der Waals surface area contributed by atoms with E-state index in [2.05, 4.69) is 41.8 Å². The van der Waals surface area contributed by atoms with E-state index in [1.54, 1.807) is 0 Å². The molecule has 98 valence electrons. The Morgan fingerprint density at radius 1 is 1.22 bits per heavy atom. The number of ether oxygens (including phenoxy) is 1. The van der Waals surface area contributed by atoms with E-state index in [0.29, 0.717) is 5.41 Å². The summed E-state index contributed by atoms with van der Waals surface area (Å²) in [6.07, 6.45) is 5.13. The average molecular weight is 263 g/mol. The van der Waals surface area contributed by atoms with Crippen molar-refractivity contribution in [2.75, 3.05) is 30.3 Å². The van der Waals surface area contributed by atoms with Crippen molar-refractivity contribution in [2.45, 2.75) is 25.7 Å². The van der Waals surface area contributed by atoms with Gasteiger partial charge in [0.1, 0.15) is 5.75 Å². The Balaban J connectivity index is 1.83. The Kier molecular flexibility index (Phi) is 3.42. The monoisotopic (exact) mass is 263 g/mol. The molecule has 0 saturated heterocycles. The number of nitrogens with zero attached hydrogens (tertiary/aromatic N) is 1. The minimum atomic E-state index is 0.445. The van der Waals surface area contributed by atoms with Crippen LogP contribution < -0.4 is 9.64 Å².